The van der Waals surface area contributed by atoms with Gasteiger partial charge in [-0.2, -0.15) is 0 Å². The molecule has 0 amide bonds. The van der Waals surface area contributed by atoms with Crippen LogP contribution in [0.2, 0.25) is 0 Å². The van der Waals surface area contributed by atoms with Crippen LogP contribution in [0.25, 0.3) is 0 Å². The summed E-state index contributed by atoms with van der Waals surface area (Å²) in [5.41, 5.74) is 4.87. The molecule has 5 aromatic rings. The second-order valence-corrected chi connectivity index (χ2v) is 13.5. The molecule has 7 rings (SSSR count). The van der Waals surface area contributed by atoms with Crippen LogP contribution in [0.1, 0.15) is 27.8 Å². The summed E-state index contributed by atoms with van der Waals surface area (Å²) in [4.78, 5) is 0. The molecule has 1 saturated heterocycles. The average molecular weight is 703 g/mol. The molecule has 5 aromatic carbocycles. The Kier molecular flexibility index (Phi) is 11.9. The maximum atomic E-state index is 11.9. The van der Waals surface area contributed by atoms with E-state index in [0.717, 1.165) is 27.8 Å². The van der Waals surface area contributed by atoms with Crippen LogP contribution in [0.15, 0.2) is 152 Å². The van der Waals surface area contributed by atoms with E-state index in [-0.39, 0.29) is 26.4 Å². The Bertz CT molecular complexity index is 1780. The van der Waals surface area contributed by atoms with Crippen molar-refractivity contribution in [3.05, 3.63) is 179 Å². The normalized spacial score (nSPS) is 25.7. The summed E-state index contributed by atoms with van der Waals surface area (Å²) in [7, 11) is 0. The van der Waals surface area contributed by atoms with Gasteiger partial charge >= 0.3 is 0 Å². The maximum absolute atomic E-state index is 11.9. The van der Waals surface area contributed by atoms with Crippen molar-refractivity contribution in [3.8, 4) is 0 Å². The first-order chi connectivity index (χ1) is 25.6. The molecule has 7 atom stereocenters. The van der Waals surface area contributed by atoms with Crippen LogP contribution in [0.3, 0.4) is 0 Å². The molecule has 1 aliphatic heterocycles. The standard InChI is InChI=1S/C44H46O8/c45-32-43(46)42-41(50-29-36-22-12-4-13-23-36)40(49-28-35-20-10-3-11-21-35)39(44(42,52-43)51-30-37-24-14-5-15-25-37)38(48-27-34-18-8-2-9-19-34)31-47-26-33-16-6-1-7-17-33/h1-25,38-42,45-46H,26-32H2. The molecule has 7 unspecified atom stereocenters. The molecule has 8 heteroatoms. The Labute approximate surface area is 305 Å². The molecule has 1 aliphatic carbocycles. The van der Waals surface area contributed by atoms with Crippen LogP contribution < -0.4 is 0 Å². The predicted octanol–water partition coefficient (Wildman–Crippen LogP) is 6.83. The zero-order chi connectivity index (χ0) is 35.6. The van der Waals surface area contributed by atoms with Gasteiger partial charge in [0.2, 0.25) is 5.79 Å². The van der Waals surface area contributed by atoms with Gasteiger partial charge in [0.25, 0.3) is 0 Å². The van der Waals surface area contributed by atoms with Gasteiger partial charge in [0, 0.05) is 0 Å². The molecule has 52 heavy (non-hydrogen) atoms. The van der Waals surface area contributed by atoms with Crippen LogP contribution in [-0.4, -0.2) is 53.3 Å². The minimum absolute atomic E-state index is 0.174. The fraction of sp³-hybridized carbons (Fsp3) is 0.318. The van der Waals surface area contributed by atoms with E-state index in [1.807, 2.05) is 152 Å². The SMILES string of the molecule is OCC1(O)OC2(OCc3ccccc3)C(C(COCc3ccccc3)OCc3ccccc3)C(OCc3ccccc3)C(OCc3ccccc3)C12. The van der Waals surface area contributed by atoms with E-state index in [2.05, 4.69) is 0 Å². The van der Waals surface area contributed by atoms with Crippen LogP contribution >= 0.6 is 0 Å². The van der Waals surface area contributed by atoms with E-state index < -0.39 is 48.3 Å². The van der Waals surface area contributed by atoms with Gasteiger partial charge in [-0.3, -0.25) is 0 Å². The number of aliphatic hydroxyl groups is 2. The lowest BCUT2D eigenvalue weighted by molar-refractivity contribution is -0.506. The number of rotatable bonds is 18. The number of hydrogen-bond donors (Lipinski definition) is 2. The average Bonchev–Trinajstić information content (AvgIpc) is 3.42. The van der Waals surface area contributed by atoms with Crippen molar-refractivity contribution in [2.75, 3.05) is 13.2 Å². The lowest BCUT2D eigenvalue weighted by atomic mass is 9.79. The van der Waals surface area contributed by atoms with Crippen molar-refractivity contribution in [1.29, 1.82) is 0 Å². The van der Waals surface area contributed by atoms with Crippen LogP contribution in [0.4, 0.5) is 0 Å². The van der Waals surface area contributed by atoms with Gasteiger partial charge in [-0.05, 0) is 27.8 Å². The van der Waals surface area contributed by atoms with Gasteiger partial charge in [-0.15, -0.1) is 0 Å². The number of benzene rings is 5. The summed E-state index contributed by atoms with van der Waals surface area (Å²) in [5, 5.41) is 22.5. The highest BCUT2D eigenvalue weighted by Gasteiger charge is 2.80. The lowest BCUT2D eigenvalue weighted by Crippen LogP contribution is -2.74. The van der Waals surface area contributed by atoms with Crippen LogP contribution in [0.5, 0.6) is 0 Å². The van der Waals surface area contributed by atoms with Crippen LogP contribution in [0, 0.1) is 11.8 Å². The van der Waals surface area contributed by atoms with Crippen molar-refractivity contribution in [1.82, 2.24) is 0 Å². The van der Waals surface area contributed by atoms with Gasteiger partial charge in [-0.1, -0.05) is 152 Å². The minimum atomic E-state index is -1.95. The zero-order valence-corrected chi connectivity index (χ0v) is 29.1. The van der Waals surface area contributed by atoms with E-state index in [4.69, 9.17) is 28.4 Å². The molecule has 0 aromatic heterocycles. The third-order valence-electron chi connectivity index (χ3n) is 9.93. The first-order valence-corrected chi connectivity index (χ1v) is 17.9. The van der Waals surface area contributed by atoms with Crippen molar-refractivity contribution in [2.24, 2.45) is 11.8 Å². The third-order valence-corrected chi connectivity index (χ3v) is 9.93. The summed E-state index contributed by atoms with van der Waals surface area (Å²) in [6, 6.07) is 49.5. The molecule has 2 N–H and O–H groups in total. The highest BCUT2D eigenvalue weighted by molar-refractivity contribution is 5.22. The molecule has 2 fully saturated rings. The third kappa shape index (κ3) is 8.20. The van der Waals surface area contributed by atoms with E-state index in [0.29, 0.717) is 13.2 Å². The number of fused-ring (bicyclic) bond motifs is 1. The van der Waals surface area contributed by atoms with Crippen molar-refractivity contribution >= 4 is 0 Å². The molecule has 0 bridgehead atoms. The first-order valence-electron chi connectivity index (χ1n) is 17.9. The summed E-state index contributed by atoms with van der Waals surface area (Å²) in [6.07, 6.45) is -2.10. The molecule has 0 radical (unpaired) electrons. The molecular weight excluding hydrogens is 656 g/mol. The fourth-order valence-electron chi connectivity index (χ4n) is 7.45. The Morgan fingerprint density at radius 2 is 0.962 bits per heavy atom. The zero-order valence-electron chi connectivity index (χ0n) is 29.1. The van der Waals surface area contributed by atoms with Gasteiger partial charge in [0.15, 0.2) is 5.79 Å². The quantitative estimate of drug-likeness (QED) is 0.103. The number of hydrogen-bond acceptors (Lipinski definition) is 8. The smallest absolute Gasteiger partial charge is 0.203 e. The second-order valence-electron chi connectivity index (χ2n) is 13.5. The Morgan fingerprint density at radius 3 is 1.44 bits per heavy atom. The minimum Gasteiger partial charge on any atom is -0.391 e. The van der Waals surface area contributed by atoms with Gasteiger partial charge in [0.05, 0.1) is 76.4 Å². The molecule has 270 valence electrons. The summed E-state index contributed by atoms with van der Waals surface area (Å²) >= 11 is 0. The highest BCUT2D eigenvalue weighted by Crippen LogP contribution is 2.62. The monoisotopic (exact) mass is 702 g/mol. The van der Waals surface area contributed by atoms with E-state index >= 15 is 0 Å². The number of aliphatic hydroxyl groups excluding tert-OH is 1. The summed E-state index contributed by atoms with van der Waals surface area (Å²) in [6.45, 7) is 0.873. The van der Waals surface area contributed by atoms with Crippen molar-refractivity contribution in [3.63, 3.8) is 0 Å². The van der Waals surface area contributed by atoms with E-state index in [1.54, 1.807) is 0 Å². The molecule has 8 nitrogen and oxygen atoms in total. The Balaban J connectivity index is 1.28. The van der Waals surface area contributed by atoms with Gasteiger partial charge in [-0.25, -0.2) is 0 Å². The first kappa shape index (κ1) is 36.2. The fourth-order valence-corrected chi connectivity index (χ4v) is 7.45. The second kappa shape index (κ2) is 17.1. The summed E-state index contributed by atoms with van der Waals surface area (Å²) in [5.74, 6) is -4.90. The van der Waals surface area contributed by atoms with Crippen molar-refractivity contribution in [2.45, 2.75) is 62.9 Å². The number of ether oxygens (including phenoxy) is 6. The van der Waals surface area contributed by atoms with Crippen molar-refractivity contribution < 1.29 is 38.6 Å². The molecule has 2 aliphatic rings. The largest absolute Gasteiger partial charge is 0.391 e. The van der Waals surface area contributed by atoms with Crippen LogP contribution in [-0.2, 0) is 61.5 Å². The predicted molar refractivity (Wildman–Crippen MR) is 195 cm³/mol. The van der Waals surface area contributed by atoms with Gasteiger partial charge < -0.3 is 38.6 Å². The van der Waals surface area contributed by atoms with E-state index in [9.17, 15) is 10.2 Å². The van der Waals surface area contributed by atoms with E-state index in [1.165, 1.54) is 0 Å². The Morgan fingerprint density at radius 1 is 0.538 bits per heavy atom. The maximum Gasteiger partial charge on any atom is 0.203 e. The highest BCUT2D eigenvalue weighted by atomic mass is 16.8. The molecule has 1 saturated carbocycles. The molecule has 1 heterocycles. The summed E-state index contributed by atoms with van der Waals surface area (Å²) < 4.78 is 40.2. The Hall–Kier alpha value is -4.22. The molecular formula is C44H46O8. The lowest BCUT2D eigenvalue weighted by Gasteiger charge is -2.58. The molecule has 0 spiro atoms. The topological polar surface area (TPSA) is 95.8 Å². The van der Waals surface area contributed by atoms with Gasteiger partial charge in [0.1, 0.15) is 0 Å².